The lowest BCUT2D eigenvalue weighted by Gasteiger charge is -2.46. The Morgan fingerprint density at radius 3 is 2.52 bits per heavy atom. The van der Waals surface area contributed by atoms with Crippen LogP contribution in [0, 0.1) is 5.41 Å². The van der Waals surface area contributed by atoms with Gasteiger partial charge in [-0.15, -0.1) is 0 Å². The van der Waals surface area contributed by atoms with Crippen molar-refractivity contribution < 1.29 is 19.5 Å². The summed E-state index contributed by atoms with van der Waals surface area (Å²) < 4.78 is 0. The van der Waals surface area contributed by atoms with Crippen molar-refractivity contribution in [1.82, 2.24) is 10.2 Å². The van der Waals surface area contributed by atoms with Crippen LogP contribution >= 0.6 is 0 Å². The van der Waals surface area contributed by atoms with E-state index in [1.165, 1.54) is 5.56 Å². The third kappa shape index (κ3) is 4.03. The Bertz CT molecular complexity index is 1040. The second kappa shape index (κ2) is 7.98. The van der Waals surface area contributed by atoms with Crippen LogP contribution < -0.4 is 5.32 Å². The molecule has 1 fully saturated rings. The van der Waals surface area contributed by atoms with Gasteiger partial charge in [-0.2, -0.15) is 0 Å². The first-order valence-electron chi connectivity index (χ1n) is 11.1. The fourth-order valence-electron chi connectivity index (χ4n) is 5.20. The van der Waals surface area contributed by atoms with Crippen LogP contribution in [0.2, 0.25) is 0 Å². The molecular weight excluding hydrogens is 392 g/mol. The number of benzene rings is 2. The molecule has 1 atom stereocenters. The zero-order valence-corrected chi connectivity index (χ0v) is 18.2. The summed E-state index contributed by atoms with van der Waals surface area (Å²) in [7, 11) is 0. The van der Waals surface area contributed by atoms with Gasteiger partial charge in [-0.25, -0.2) is 0 Å². The third-order valence-corrected chi connectivity index (χ3v) is 7.25. The van der Waals surface area contributed by atoms with E-state index in [0.29, 0.717) is 38.8 Å². The Morgan fingerprint density at radius 1 is 1.13 bits per heavy atom. The Kier molecular flexibility index (Phi) is 5.50. The molecule has 1 spiro atoms. The van der Waals surface area contributed by atoms with E-state index >= 15 is 0 Å². The highest BCUT2D eigenvalue weighted by atomic mass is 16.4. The molecule has 0 aromatic heterocycles. The minimum absolute atomic E-state index is 0.00122. The number of rotatable bonds is 5. The van der Waals surface area contributed by atoms with E-state index in [0.717, 1.165) is 16.3 Å². The predicted molar refractivity (Wildman–Crippen MR) is 119 cm³/mol. The summed E-state index contributed by atoms with van der Waals surface area (Å²) in [5.74, 6) is -0.839. The molecule has 4 rings (SSSR count). The van der Waals surface area contributed by atoms with Crippen LogP contribution in [0.5, 0.6) is 0 Å². The average molecular weight is 423 g/mol. The summed E-state index contributed by atoms with van der Waals surface area (Å²) in [6.07, 6.45) is 2.57. The van der Waals surface area contributed by atoms with Gasteiger partial charge < -0.3 is 15.3 Å². The zero-order valence-electron chi connectivity index (χ0n) is 18.2. The third-order valence-electron chi connectivity index (χ3n) is 7.25. The van der Waals surface area contributed by atoms with E-state index in [2.05, 4.69) is 29.6 Å². The fourth-order valence-corrected chi connectivity index (χ4v) is 5.20. The van der Waals surface area contributed by atoms with Gasteiger partial charge in [0.2, 0.25) is 11.8 Å². The molecule has 1 unspecified atom stereocenters. The number of fused-ring (bicyclic) bond motifs is 4. The zero-order chi connectivity index (χ0) is 22.2. The Hall–Kier alpha value is -2.89. The number of carbonyl (C=O) groups excluding carboxylic acids is 2. The molecule has 1 saturated heterocycles. The highest BCUT2D eigenvalue weighted by molar-refractivity contribution is 5.93. The molecule has 2 aliphatic rings. The van der Waals surface area contributed by atoms with Crippen molar-refractivity contribution in [2.75, 3.05) is 13.1 Å². The van der Waals surface area contributed by atoms with Gasteiger partial charge in [0.1, 0.15) is 0 Å². The van der Waals surface area contributed by atoms with Crippen LogP contribution in [-0.2, 0) is 26.3 Å². The van der Waals surface area contributed by atoms with Crippen LogP contribution in [0.15, 0.2) is 36.4 Å². The number of carbonyl (C=O) groups is 3. The molecule has 6 heteroatoms. The summed E-state index contributed by atoms with van der Waals surface area (Å²) >= 11 is 0. The summed E-state index contributed by atoms with van der Waals surface area (Å²) in [5.41, 5.74) is 1.28. The molecule has 2 heterocycles. The molecule has 2 N–H and O–H groups in total. The number of hydrogen-bond acceptors (Lipinski definition) is 3. The number of carboxylic acids is 1. The van der Waals surface area contributed by atoms with Gasteiger partial charge in [-0.1, -0.05) is 50.2 Å². The maximum Gasteiger partial charge on any atom is 0.303 e. The number of aliphatic carboxylic acids is 1. The molecule has 2 aliphatic heterocycles. The number of likely N-dealkylation sites (tertiary alicyclic amines) is 1. The number of amides is 2. The second-order valence-corrected chi connectivity index (χ2v) is 9.41. The van der Waals surface area contributed by atoms with Crippen molar-refractivity contribution in [2.24, 2.45) is 5.41 Å². The summed E-state index contributed by atoms with van der Waals surface area (Å²) in [4.78, 5) is 38.6. The molecule has 2 amide bonds. The van der Waals surface area contributed by atoms with E-state index in [1.54, 1.807) is 0 Å². The summed E-state index contributed by atoms with van der Waals surface area (Å²) in [5, 5.41) is 14.7. The van der Waals surface area contributed by atoms with E-state index in [1.807, 2.05) is 30.9 Å². The molecule has 31 heavy (non-hydrogen) atoms. The van der Waals surface area contributed by atoms with Crippen molar-refractivity contribution in [3.63, 3.8) is 0 Å². The standard InChI is InChI=1S/C25H30N2O4/c1-3-24(2,16-23(30)31)15-22(29)27-12-10-25(11-13-27)20-9-8-17-6-4-5-7-18(17)19(20)14-21(28)26-25/h4-9H,3,10-16H2,1-2H3,(H,26,28)(H,30,31). The lowest BCUT2D eigenvalue weighted by Crippen LogP contribution is -2.57. The van der Waals surface area contributed by atoms with Gasteiger partial charge in [0.15, 0.2) is 0 Å². The Labute approximate surface area is 182 Å². The van der Waals surface area contributed by atoms with Crippen molar-refractivity contribution in [1.29, 1.82) is 0 Å². The van der Waals surface area contributed by atoms with E-state index in [4.69, 9.17) is 0 Å². The minimum Gasteiger partial charge on any atom is -0.481 e. The fraction of sp³-hybridized carbons (Fsp3) is 0.480. The molecule has 6 nitrogen and oxygen atoms in total. The predicted octanol–water partition coefficient (Wildman–Crippen LogP) is 3.61. The first-order chi connectivity index (χ1) is 14.8. The van der Waals surface area contributed by atoms with Gasteiger partial charge in [-0.05, 0) is 46.6 Å². The Morgan fingerprint density at radius 2 is 1.84 bits per heavy atom. The van der Waals surface area contributed by atoms with Crippen molar-refractivity contribution in [3.05, 3.63) is 47.5 Å². The molecule has 0 bridgehead atoms. The van der Waals surface area contributed by atoms with Crippen LogP contribution in [0.4, 0.5) is 0 Å². The van der Waals surface area contributed by atoms with E-state index < -0.39 is 16.9 Å². The largest absolute Gasteiger partial charge is 0.481 e. The highest BCUT2D eigenvalue weighted by Gasteiger charge is 2.43. The lowest BCUT2D eigenvalue weighted by molar-refractivity contribution is -0.141. The minimum atomic E-state index is -0.872. The molecule has 0 radical (unpaired) electrons. The van der Waals surface area contributed by atoms with Crippen LogP contribution in [-0.4, -0.2) is 40.9 Å². The van der Waals surface area contributed by atoms with Gasteiger partial charge in [0.25, 0.3) is 0 Å². The van der Waals surface area contributed by atoms with Gasteiger partial charge >= 0.3 is 5.97 Å². The second-order valence-electron chi connectivity index (χ2n) is 9.41. The van der Waals surface area contributed by atoms with Crippen LogP contribution in [0.1, 0.15) is 57.1 Å². The molecule has 164 valence electrons. The molecule has 2 aromatic rings. The first-order valence-corrected chi connectivity index (χ1v) is 11.1. The summed E-state index contributed by atoms with van der Waals surface area (Å²) in [6, 6.07) is 12.4. The maximum absolute atomic E-state index is 13.0. The average Bonchev–Trinajstić information content (AvgIpc) is 2.73. The molecular formula is C25H30N2O4. The first kappa shape index (κ1) is 21.3. The lowest BCUT2D eigenvalue weighted by atomic mass is 9.74. The maximum atomic E-state index is 13.0. The van der Waals surface area contributed by atoms with E-state index in [-0.39, 0.29) is 24.7 Å². The SMILES string of the molecule is CCC(C)(CC(=O)O)CC(=O)N1CCC2(CC1)NC(=O)Cc1c2ccc2ccccc12. The van der Waals surface area contributed by atoms with Gasteiger partial charge in [-0.3, -0.25) is 14.4 Å². The smallest absolute Gasteiger partial charge is 0.303 e. The van der Waals surface area contributed by atoms with Gasteiger partial charge in [0, 0.05) is 19.5 Å². The summed E-state index contributed by atoms with van der Waals surface area (Å²) in [6.45, 7) is 4.91. The molecule has 0 saturated carbocycles. The quantitative estimate of drug-likeness (QED) is 0.771. The van der Waals surface area contributed by atoms with Crippen molar-refractivity contribution in [2.45, 2.75) is 57.9 Å². The number of piperidine rings is 1. The van der Waals surface area contributed by atoms with E-state index in [9.17, 15) is 19.5 Å². The van der Waals surface area contributed by atoms with Crippen LogP contribution in [0.25, 0.3) is 10.8 Å². The number of nitrogens with one attached hydrogen (secondary N) is 1. The normalized spacial score (nSPS) is 19.5. The highest BCUT2D eigenvalue weighted by Crippen LogP contribution is 2.41. The molecule has 2 aromatic carbocycles. The monoisotopic (exact) mass is 422 g/mol. The van der Waals surface area contributed by atoms with Crippen LogP contribution in [0.3, 0.4) is 0 Å². The topological polar surface area (TPSA) is 86.7 Å². The number of hydrogen-bond donors (Lipinski definition) is 2. The number of nitrogens with zero attached hydrogens (tertiary/aromatic N) is 1. The van der Waals surface area contributed by atoms with Gasteiger partial charge in [0.05, 0.1) is 18.4 Å². The van der Waals surface area contributed by atoms with Crippen molar-refractivity contribution in [3.8, 4) is 0 Å². The molecule has 0 aliphatic carbocycles. The number of carboxylic acid groups (broad SMARTS) is 1. The van der Waals surface area contributed by atoms with Crippen molar-refractivity contribution >= 4 is 28.6 Å². The Balaban J connectivity index is 1.54.